The van der Waals surface area contributed by atoms with Crippen molar-refractivity contribution >= 4 is 17.4 Å². The van der Waals surface area contributed by atoms with Crippen LogP contribution in [0.25, 0.3) is 0 Å². The topological polar surface area (TPSA) is 47.6 Å². The number of hydrogen-bond acceptors (Lipinski definition) is 3. The van der Waals surface area contributed by atoms with Gasteiger partial charge in [-0.25, -0.2) is 4.79 Å². The predicted octanol–water partition coefficient (Wildman–Crippen LogP) is 4.01. The van der Waals surface area contributed by atoms with E-state index >= 15 is 0 Å². The molecule has 0 bridgehead atoms. The van der Waals surface area contributed by atoms with Crippen molar-refractivity contribution in [1.82, 2.24) is 10.2 Å². The van der Waals surface area contributed by atoms with Crippen LogP contribution in [-0.4, -0.2) is 51.2 Å². The van der Waals surface area contributed by atoms with E-state index in [2.05, 4.69) is 22.5 Å². The average Bonchev–Trinajstić information content (AvgIpc) is 2.59. The fourth-order valence-electron chi connectivity index (χ4n) is 3.11. The molecule has 0 aromatic heterocycles. The number of urea groups is 1. The van der Waals surface area contributed by atoms with E-state index in [-0.39, 0.29) is 5.69 Å². The summed E-state index contributed by atoms with van der Waals surface area (Å²) in [5, 5.41) is 4.97. The van der Waals surface area contributed by atoms with Crippen LogP contribution in [0.2, 0.25) is 0 Å². The van der Waals surface area contributed by atoms with E-state index in [4.69, 9.17) is 0 Å². The molecule has 2 N–H and O–H groups in total. The van der Waals surface area contributed by atoms with Crippen LogP contribution in [0.3, 0.4) is 0 Å². The third kappa shape index (κ3) is 6.61. The Hall–Kier alpha value is -1.96. The monoisotopic (exact) mass is 386 g/mol. The van der Waals surface area contributed by atoms with Crippen LogP contribution in [-0.2, 0) is 6.18 Å². The fourth-order valence-corrected chi connectivity index (χ4v) is 3.11. The van der Waals surface area contributed by atoms with Gasteiger partial charge in [0.25, 0.3) is 0 Å². The summed E-state index contributed by atoms with van der Waals surface area (Å²) in [5.74, 6) is 0.770. The molecular formula is C19H29F3N4O. The van der Waals surface area contributed by atoms with Gasteiger partial charge in [-0.15, -0.1) is 0 Å². The van der Waals surface area contributed by atoms with E-state index in [1.807, 2.05) is 0 Å². The number of alkyl halides is 3. The molecule has 1 aromatic carbocycles. The molecule has 1 aliphatic rings. The van der Waals surface area contributed by atoms with Crippen LogP contribution >= 0.6 is 0 Å². The van der Waals surface area contributed by atoms with Gasteiger partial charge < -0.3 is 20.4 Å². The van der Waals surface area contributed by atoms with Crippen molar-refractivity contribution < 1.29 is 18.0 Å². The molecule has 5 nitrogen and oxygen atoms in total. The molecule has 2 rings (SSSR count). The zero-order valence-electron chi connectivity index (χ0n) is 16.2. The first-order valence-corrected chi connectivity index (χ1v) is 9.32. The highest BCUT2D eigenvalue weighted by Crippen LogP contribution is 2.37. The number of hydrogen-bond donors (Lipinski definition) is 2. The molecule has 0 atom stereocenters. The van der Waals surface area contributed by atoms with Gasteiger partial charge >= 0.3 is 12.2 Å². The number of nitrogens with one attached hydrogen (secondary N) is 2. The molecule has 0 saturated carbocycles. The summed E-state index contributed by atoms with van der Waals surface area (Å²) in [6.07, 6.45) is -1.39. The number of rotatable bonds is 6. The highest BCUT2D eigenvalue weighted by Gasteiger charge is 2.34. The van der Waals surface area contributed by atoms with Gasteiger partial charge in [-0.2, -0.15) is 13.2 Å². The van der Waals surface area contributed by atoms with E-state index in [9.17, 15) is 18.0 Å². The van der Waals surface area contributed by atoms with Crippen molar-refractivity contribution in [2.75, 3.05) is 50.5 Å². The molecule has 8 heteroatoms. The minimum Gasteiger partial charge on any atom is -0.378 e. The molecule has 0 radical (unpaired) electrons. The molecule has 1 aromatic rings. The molecule has 1 aliphatic heterocycles. The molecule has 2 amide bonds. The maximum absolute atomic E-state index is 13.3. The molecule has 27 heavy (non-hydrogen) atoms. The quantitative estimate of drug-likeness (QED) is 0.726. The Morgan fingerprint density at radius 1 is 1.26 bits per heavy atom. The number of carbonyl (C=O) groups is 1. The number of piperidine rings is 1. The van der Waals surface area contributed by atoms with Crippen molar-refractivity contribution in [3.8, 4) is 0 Å². The molecule has 0 spiro atoms. The Balaban J connectivity index is 1.84. The standard InChI is InChI=1S/C19H29F3N4O/c1-14-7-11-26(12-8-14)10-4-9-23-18(27)24-17-6-5-15(25(2)3)13-16(17)19(20,21)22/h5-6,13-14H,4,7-12H2,1-3H3,(H2,23,24,27). The zero-order chi connectivity index (χ0) is 20.0. The zero-order valence-corrected chi connectivity index (χ0v) is 16.2. The second kappa shape index (κ2) is 9.30. The van der Waals surface area contributed by atoms with Gasteiger partial charge in [-0.05, 0) is 63.0 Å². The van der Waals surface area contributed by atoms with Gasteiger partial charge in [-0.3, -0.25) is 0 Å². The summed E-state index contributed by atoms with van der Waals surface area (Å²) in [7, 11) is 3.33. The molecule has 1 saturated heterocycles. The summed E-state index contributed by atoms with van der Waals surface area (Å²) >= 11 is 0. The van der Waals surface area contributed by atoms with Crippen molar-refractivity contribution in [3.63, 3.8) is 0 Å². The third-order valence-electron chi connectivity index (χ3n) is 4.89. The Morgan fingerprint density at radius 2 is 1.93 bits per heavy atom. The predicted molar refractivity (Wildman–Crippen MR) is 102 cm³/mol. The Kier molecular flexibility index (Phi) is 7.35. The van der Waals surface area contributed by atoms with E-state index in [0.29, 0.717) is 12.2 Å². The van der Waals surface area contributed by atoms with Crippen molar-refractivity contribution in [2.45, 2.75) is 32.4 Å². The smallest absolute Gasteiger partial charge is 0.378 e. The lowest BCUT2D eigenvalue weighted by Crippen LogP contribution is -2.36. The molecule has 0 unspecified atom stereocenters. The third-order valence-corrected chi connectivity index (χ3v) is 4.89. The summed E-state index contributed by atoms with van der Waals surface area (Å²) in [5.41, 5.74) is -0.675. The lowest BCUT2D eigenvalue weighted by Gasteiger charge is -2.30. The first-order chi connectivity index (χ1) is 12.7. The summed E-state index contributed by atoms with van der Waals surface area (Å²) in [6.45, 7) is 5.71. The van der Waals surface area contributed by atoms with Gasteiger partial charge in [0.1, 0.15) is 0 Å². The number of anilines is 2. The van der Waals surface area contributed by atoms with Crippen LogP contribution < -0.4 is 15.5 Å². The average molecular weight is 386 g/mol. The largest absolute Gasteiger partial charge is 0.418 e. The SMILES string of the molecule is CC1CCN(CCCNC(=O)Nc2ccc(N(C)C)cc2C(F)(F)F)CC1. The maximum Gasteiger partial charge on any atom is 0.418 e. The fraction of sp³-hybridized carbons (Fsp3) is 0.632. The van der Waals surface area contributed by atoms with E-state index < -0.39 is 17.8 Å². The summed E-state index contributed by atoms with van der Waals surface area (Å²) in [6, 6.07) is 3.24. The molecule has 0 aliphatic carbocycles. The number of nitrogens with zero attached hydrogens (tertiary/aromatic N) is 2. The maximum atomic E-state index is 13.3. The summed E-state index contributed by atoms with van der Waals surface area (Å²) in [4.78, 5) is 15.9. The number of halogens is 3. The van der Waals surface area contributed by atoms with Crippen LogP contribution in [0.1, 0.15) is 31.7 Å². The van der Waals surface area contributed by atoms with E-state index in [1.54, 1.807) is 25.1 Å². The van der Waals surface area contributed by atoms with Gasteiger partial charge in [0.05, 0.1) is 11.3 Å². The van der Waals surface area contributed by atoms with Crippen molar-refractivity contribution in [3.05, 3.63) is 23.8 Å². The Labute approximate surface area is 158 Å². The lowest BCUT2D eigenvalue weighted by molar-refractivity contribution is -0.136. The van der Waals surface area contributed by atoms with Crippen molar-refractivity contribution in [2.24, 2.45) is 5.92 Å². The second-order valence-electron chi connectivity index (χ2n) is 7.38. The van der Waals surface area contributed by atoms with Gasteiger partial charge in [0.15, 0.2) is 0 Å². The minimum atomic E-state index is -4.54. The molecule has 1 fully saturated rings. The number of amides is 2. The number of benzene rings is 1. The number of carbonyl (C=O) groups excluding carboxylic acids is 1. The van der Waals surface area contributed by atoms with Crippen LogP contribution in [0.5, 0.6) is 0 Å². The highest BCUT2D eigenvalue weighted by atomic mass is 19.4. The highest BCUT2D eigenvalue weighted by molar-refractivity contribution is 5.90. The van der Waals surface area contributed by atoms with Crippen LogP contribution in [0.4, 0.5) is 29.3 Å². The Bertz CT molecular complexity index is 626. The number of likely N-dealkylation sites (tertiary alicyclic amines) is 1. The van der Waals surface area contributed by atoms with Gasteiger partial charge in [0.2, 0.25) is 0 Å². The molecular weight excluding hydrogens is 357 g/mol. The first kappa shape index (κ1) is 21.3. The second-order valence-corrected chi connectivity index (χ2v) is 7.38. The van der Waals surface area contributed by atoms with Crippen molar-refractivity contribution in [1.29, 1.82) is 0 Å². The minimum absolute atomic E-state index is 0.240. The van der Waals surface area contributed by atoms with E-state index in [0.717, 1.165) is 38.0 Å². The van der Waals surface area contributed by atoms with Gasteiger partial charge in [-0.1, -0.05) is 6.92 Å². The first-order valence-electron chi connectivity index (χ1n) is 9.32. The lowest BCUT2D eigenvalue weighted by atomic mass is 9.99. The van der Waals surface area contributed by atoms with E-state index in [1.165, 1.54) is 18.9 Å². The van der Waals surface area contributed by atoms with Crippen LogP contribution in [0.15, 0.2) is 18.2 Å². The molecule has 1 heterocycles. The Morgan fingerprint density at radius 3 is 2.52 bits per heavy atom. The summed E-state index contributed by atoms with van der Waals surface area (Å²) < 4.78 is 39.9. The van der Waals surface area contributed by atoms with Gasteiger partial charge in [0, 0.05) is 26.3 Å². The van der Waals surface area contributed by atoms with Crippen LogP contribution in [0, 0.1) is 5.92 Å². The normalized spacial score (nSPS) is 16.2. The molecule has 152 valence electrons.